The number of hydrogen-bond acceptors (Lipinski definition) is 3. The Morgan fingerprint density at radius 3 is 2.82 bits per heavy atom. The summed E-state index contributed by atoms with van der Waals surface area (Å²) in [4.78, 5) is 4.76. The Kier molecular flexibility index (Phi) is 8.10. The van der Waals surface area contributed by atoms with Gasteiger partial charge in [0.25, 0.3) is 0 Å². The highest BCUT2D eigenvalue weighted by Crippen LogP contribution is 2.48. The zero-order valence-corrected chi connectivity index (χ0v) is 17.0. The SMILES string of the molecule is CCNC(=NCC1(c2cccc(F)c2)CC1)NCCCOCC1CCOCC1. The lowest BCUT2D eigenvalue weighted by atomic mass is 9.96. The van der Waals surface area contributed by atoms with E-state index in [-0.39, 0.29) is 11.2 Å². The van der Waals surface area contributed by atoms with Crippen LogP contribution in [0.1, 0.15) is 44.6 Å². The summed E-state index contributed by atoms with van der Waals surface area (Å²) in [7, 11) is 0. The van der Waals surface area contributed by atoms with Gasteiger partial charge >= 0.3 is 0 Å². The highest BCUT2D eigenvalue weighted by molar-refractivity contribution is 5.79. The maximum Gasteiger partial charge on any atom is 0.191 e. The average molecular weight is 392 g/mol. The first-order chi connectivity index (χ1) is 13.7. The third kappa shape index (κ3) is 6.45. The van der Waals surface area contributed by atoms with Crippen LogP contribution in [0.25, 0.3) is 0 Å². The van der Waals surface area contributed by atoms with Gasteiger partial charge in [0.05, 0.1) is 6.54 Å². The predicted octanol–water partition coefficient (Wildman–Crippen LogP) is 3.25. The van der Waals surface area contributed by atoms with E-state index in [1.807, 2.05) is 6.07 Å². The van der Waals surface area contributed by atoms with Gasteiger partial charge < -0.3 is 20.1 Å². The van der Waals surface area contributed by atoms with Crippen LogP contribution in [0.5, 0.6) is 0 Å². The van der Waals surface area contributed by atoms with E-state index in [9.17, 15) is 4.39 Å². The van der Waals surface area contributed by atoms with Gasteiger partial charge in [-0.05, 0) is 62.6 Å². The van der Waals surface area contributed by atoms with E-state index in [4.69, 9.17) is 14.5 Å². The third-order valence-corrected chi connectivity index (χ3v) is 5.63. The molecule has 0 spiro atoms. The van der Waals surface area contributed by atoms with E-state index in [0.717, 1.165) is 83.1 Å². The molecule has 1 heterocycles. The Labute approximate surface area is 168 Å². The Balaban J connectivity index is 1.38. The molecule has 1 saturated carbocycles. The summed E-state index contributed by atoms with van der Waals surface area (Å²) < 4.78 is 24.7. The van der Waals surface area contributed by atoms with Crippen molar-refractivity contribution in [3.05, 3.63) is 35.6 Å². The fourth-order valence-corrected chi connectivity index (χ4v) is 3.62. The standard InChI is InChI=1S/C22H34FN3O2/c1-2-24-21(25-11-4-12-28-16-18-7-13-27-14-8-18)26-17-22(9-10-22)19-5-3-6-20(23)15-19/h3,5-6,15,18H,2,4,7-14,16-17H2,1H3,(H2,24,25,26). The second kappa shape index (κ2) is 10.8. The van der Waals surface area contributed by atoms with E-state index in [1.54, 1.807) is 12.1 Å². The lowest BCUT2D eigenvalue weighted by molar-refractivity contribution is 0.0203. The molecular formula is C22H34FN3O2. The van der Waals surface area contributed by atoms with Crippen molar-refractivity contribution in [1.29, 1.82) is 0 Å². The van der Waals surface area contributed by atoms with Crippen LogP contribution < -0.4 is 10.6 Å². The molecule has 2 fully saturated rings. The first-order valence-electron chi connectivity index (χ1n) is 10.7. The molecule has 1 aliphatic heterocycles. The summed E-state index contributed by atoms with van der Waals surface area (Å²) >= 11 is 0. The van der Waals surface area contributed by atoms with Crippen molar-refractivity contribution < 1.29 is 13.9 Å². The summed E-state index contributed by atoms with van der Waals surface area (Å²) in [5, 5.41) is 6.69. The fraction of sp³-hybridized carbons (Fsp3) is 0.682. The molecule has 0 unspecified atom stereocenters. The molecule has 3 rings (SSSR count). The zero-order chi connectivity index (χ0) is 19.7. The van der Waals surface area contributed by atoms with Crippen molar-refractivity contribution >= 4 is 5.96 Å². The highest BCUT2D eigenvalue weighted by atomic mass is 19.1. The highest BCUT2D eigenvalue weighted by Gasteiger charge is 2.44. The zero-order valence-electron chi connectivity index (χ0n) is 17.0. The van der Waals surface area contributed by atoms with Gasteiger partial charge in [-0.1, -0.05) is 12.1 Å². The summed E-state index contributed by atoms with van der Waals surface area (Å²) in [6, 6.07) is 6.96. The summed E-state index contributed by atoms with van der Waals surface area (Å²) in [6.45, 7) is 7.74. The van der Waals surface area contributed by atoms with Crippen molar-refractivity contribution in [3.8, 4) is 0 Å². The van der Waals surface area contributed by atoms with Gasteiger partial charge in [-0.3, -0.25) is 4.99 Å². The number of nitrogens with one attached hydrogen (secondary N) is 2. The number of ether oxygens (including phenoxy) is 2. The molecule has 6 heteroatoms. The summed E-state index contributed by atoms with van der Waals surface area (Å²) in [6.07, 6.45) is 5.31. The van der Waals surface area contributed by atoms with Crippen LogP contribution in [0.2, 0.25) is 0 Å². The van der Waals surface area contributed by atoms with Crippen molar-refractivity contribution in [1.82, 2.24) is 10.6 Å². The molecular weight excluding hydrogens is 357 g/mol. The van der Waals surface area contributed by atoms with Crippen molar-refractivity contribution in [3.63, 3.8) is 0 Å². The van der Waals surface area contributed by atoms with Crippen LogP contribution >= 0.6 is 0 Å². The van der Waals surface area contributed by atoms with Gasteiger partial charge in [-0.2, -0.15) is 0 Å². The molecule has 28 heavy (non-hydrogen) atoms. The molecule has 1 aromatic carbocycles. The number of aliphatic imine (C=N–C) groups is 1. The smallest absolute Gasteiger partial charge is 0.191 e. The van der Waals surface area contributed by atoms with E-state index in [0.29, 0.717) is 12.5 Å². The number of rotatable bonds is 10. The van der Waals surface area contributed by atoms with Crippen molar-refractivity contribution in [2.24, 2.45) is 10.9 Å². The molecule has 156 valence electrons. The maximum atomic E-state index is 13.6. The van der Waals surface area contributed by atoms with E-state index >= 15 is 0 Å². The monoisotopic (exact) mass is 391 g/mol. The van der Waals surface area contributed by atoms with Crippen molar-refractivity contribution in [2.45, 2.75) is 44.4 Å². The molecule has 1 saturated heterocycles. The number of hydrogen-bond donors (Lipinski definition) is 2. The molecule has 0 amide bonds. The molecule has 2 aliphatic rings. The first-order valence-corrected chi connectivity index (χ1v) is 10.7. The molecule has 1 aromatic rings. The Hall–Kier alpha value is -1.66. The largest absolute Gasteiger partial charge is 0.381 e. The van der Waals surface area contributed by atoms with Gasteiger partial charge in [-0.15, -0.1) is 0 Å². The summed E-state index contributed by atoms with van der Waals surface area (Å²) in [5.41, 5.74) is 1.07. The molecule has 0 aromatic heterocycles. The van der Waals surface area contributed by atoms with Crippen LogP contribution in [-0.4, -0.2) is 52.0 Å². The van der Waals surface area contributed by atoms with Crippen LogP contribution in [-0.2, 0) is 14.9 Å². The lowest BCUT2D eigenvalue weighted by Gasteiger charge is -2.21. The second-order valence-corrected chi connectivity index (χ2v) is 7.90. The van der Waals surface area contributed by atoms with Gasteiger partial charge in [0.15, 0.2) is 5.96 Å². The average Bonchev–Trinajstić information content (AvgIpc) is 3.51. The lowest BCUT2D eigenvalue weighted by Crippen LogP contribution is -2.38. The minimum atomic E-state index is -0.168. The molecule has 5 nitrogen and oxygen atoms in total. The molecule has 0 atom stereocenters. The molecule has 1 aliphatic carbocycles. The second-order valence-electron chi connectivity index (χ2n) is 7.90. The van der Waals surface area contributed by atoms with Crippen molar-refractivity contribution in [2.75, 3.05) is 46.1 Å². The number of halogens is 1. The number of guanidine groups is 1. The Morgan fingerprint density at radius 2 is 2.11 bits per heavy atom. The minimum Gasteiger partial charge on any atom is -0.381 e. The van der Waals surface area contributed by atoms with Crippen LogP contribution in [0.15, 0.2) is 29.3 Å². The molecule has 2 N–H and O–H groups in total. The van der Waals surface area contributed by atoms with Crippen LogP contribution in [0.4, 0.5) is 4.39 Å². The van der Waals surface area contributed by atoms with Crippen LogP contribution in [0, 0.1) is 11.7 Å². The van der Waals surface area contributed by atoms with E-state index in [2.05, 4.69) is 17.6 Å². The number of benzene rings is 1. The quantitative estimate of drug-likeness (QED) is 0.365. The van der Waals surface area contributed by atoms with E-state index < -0.39 is 0 Å². The normalized spacial score (nSPS) is 19.4. The van der Waals surface area contributed by atoms with Gasteiger partial charge in [-0.25, -0.2) is 4.39 Å². The van der Waals surface area contributed by atoms with Gasteiger partial charge in [0.2, 0.25) is 0 Å². The Morgan fingerprint density at radius 1 is 1.29 bits per heavy atom. The number of nitrogens with zero attached hydrogens (tertiary/aromatic N) is 1. The van der Waals surface area contributed by atoms with Crippen LogP contribution in [0.3, 0.4) is 0 Å². The van der Waals surface area contributed by atoms with Gasteiger partial charge in [0, 0.05) is 44.9 Å². The third-order valence-electron chi connectivity index (χ3n) is 5.63. The molecule has 0 bridgehead atoms. The molecule has 0 radical (unpaired) electrons. The topological polar surface area (TPSA) is 54.9 Å². The Bertz CT molecular complexity index is 628. The predicted molar refractivity (Wildman–Crippen MR) is 110 cm³/mol. The fourth-order valence-electron chi connectivity index (χ4n) is 3.62. The maximum absolute atomic E-state index is 13.6. The van der Waals surface area contributed by atoms with Gasteiger partial charge in [0.1, 0.15) is 5.82 Å². The first kappa shape index (κ1) is 21.1. The minimum absolute atomic E-state index is 0.0112. The summed E-state index contributed by atoms with van der Waals surface area (Å²) in [5.74, 6) is 1.31. The van der Waals surface area contributed by atoms with E-state index in [1.165, 1.54) is 6.07 Å².